The summed E-state index contributed by atoms with van der Waals surface area (Å²) in [5, 5.41) is 3.25. The van der Waals surface area contributed by atoms with E-state index < -0.39 is 10.0 Å². The first kappa shape index (κ1) is 13.0. The van der Waals surface area contributed by atoms with E-state index in [-0.39, 0.29) is 5.75 Å². The summed E-state index contributed by atoms with van der Waals surface area (Å²) in [6, 6.07) is 14.8. The largest absolute Gasteiger partial charge is 0.384 e. The Morgan fingerprint density at radius 1 is 1.10 bits per heavy atom. The molecule has 0 aromatic heterocycles. The van der Waals surface area contributed by atoms with Crippen LogP contribution in [0.15, 0.2) is 48.5 Å². The fourth-order valence-electron chi connectivity index (χ4n) is 2.38. The highest BCUT2D eigenvalue weighted by molar-refractivity contribution is 7.91. The van der Waals surface area contributed by atoms with Crippen LogP contribution < -0.4 is 10.0 Å². The van der Waals surface area contributed by atoms with Gasteiger partial charge < -0.3 is 5.32 Å². The maximum absolute atomic E-state index is 12.1. The Bertz CT molecular complexity index is 712. The van der Waals surface area contributed by atoms with Gasteiger partial charge in [-0.3, -0.25) is 4.72 Å². The number of sulfonamides is 1. The van der Waals surface area contributed by atoms with Crippen molar-refractivity contribution in [2.45, 2.75) is 12.2 Å². The third-order valence-electron chi connectivity index (χ3n) is 3.29. The summed E-state index contributed by atoms with van der Waals surface area (Å²) < 4.78 is 26.9. The zero-order chi connectivity index (χ0) is 14.0. The lowest BCUT2D eigenvalue weighted by molar-refractivity contribution is 0.600. The molecule has 0 fully saturated rings. The molecule has 0 spiro atoms. The molecule has 5 heteroatoms. The molecular formula is C15H16N2O2S. The third kappa shape index (κ3) is 2.93. The Balaban J connectivity index is 1.76. The van der Waals surface area contributed by atoms with Gasteiger partial charge in [-0.05, 0) is 35.7 Å². The number of benzene rings is 2. The van der Waals surface area contributed by atoms with E-state index in [2.05, 4.69) is 10.0 Å². The van der Waals surface area contributed by atoms with E-state index >= 15 is 0 Å². The molecule has 0 bridgehead atoms. The molecule has 3 rings (SSSR count). The number of fused-ring (bicyclic) bond motifs is 1. The number of anilines is 2. The lowest BCUT2D eigenvalue weighted by Gasteiger charge is -2.09. The Morgan fingerprint density at radius 2 is 1.90 bits per heavy atom. The van der Waals surface area contributed by atoms with Gasteiger partial charge in [0.25, 0.3) is 0 Å². The maximum atomic E-state index is 12.1. The van der Waals surface area contributed by atoms with E-state index in [1.165, 1.54) is 0 Å². The SMILES string of the molecule is O=S(=O)(Cc1ccccc1)Nc1ccc2c(c1)CCN2. The molecular weight excluding hydrogens is 272 g/mol. The van der Waals surface area contributed by atoms with Crippen LogP contribution in [0.5, 0.6) is 0 Å². The van der Waals surface area contributed by atoms with Gasteiger partial charge in [-0.15, -0.1) is 0 Å². The Morgan fingerprint density at radius 3 is 2.70 bits per heavy atom. The van der Waals surface area contributed by atoms with Crippen molar-refractivity contribution in [1.82, 2.24) is 0 Å². The summed E-state index contributed by atoms with van der Waals surface area (Å²) in [6.07, 6.45) is 0.934. The van der Waals surface area contributed by atoms with Crippen LogP contribution in [0.25, 0.3) is 0 Å². The molecule has 0 saturated heterocycles. The van der Waals surface area contributed by atoms with Crippen LogP contribution in [-0.4, -0.2) is 15.0 Å². The van der Waals surface area contributed by atoms with Gasteiger partial charge in [0.1, 0.15) is 0 Å². The van der Waals surface area contributed by atoms with Gasteiger partial charge in [-0.2, -0.15) is 0 Å². The summed E-state index contributed by atoms with van der Waals surface area (Å²) in [7, 11) is -3.38. The summed E-state index contributed by atoms with van der Waals surface area (Å²) in [5.41, 5.74) is 3.66. The second-order valence-corrected chi connectivity index (χ2v) is 6.62. The zero-order valence-electron chi connectivity index (χ0n) is 11.0. The Hall–Kier alpha value is -2.01. The normalized spacial score (nSPS) is 13.6. The minimum absolute atomic E-state index is 0.0107. The molecule has 2 aromatic rings. The highest BCUT2D eigenvalue weighted by atomic mass is 32.2. The van der Waals surface area contributed by atoms with Crippen LogP contribution in [-0.2, 0) is 22.2 Å². The van der Waals surface area contributed by atoms with E-state index in [1.54, 1.807) is 6.07 Å². The van der Waals surface area contributed by atoms with Crippen molar-refractivity contribution in [1.29, 1.82) is 0 Å². The Kier molecular flexibility index (Phi) is 3.36. The quantitative estimate of drug-likeness (QED) is 0.909. The maximum Gasteiger partial charge on any atom is 0.236 e. The molecule has 0 radical (unpaired) electrons. The van der Waals surface area contributed by atoms with Crippen molar-refractivity contribution in [3.05, 3.63) is 59.7 Å². The predicted octanol–water partition coefficient (Wildman–Crippen LogP) is 2.60. The molecule has 0 unspecified atom stereocenters. The first-order valence-electron chi connectivity index (χ1n) is 6.54. The molecule has 2 aromatic carbocycles. The van der Waals surface area contributed by atoms with Crippen molar-refractivity contribution in [2.75, 3.05) is 16.6 Å². The van der Waals surface area contributed by atoms with Crippen molar-refractivity contribution in [3.8, 4) is 0 Å². The van der Waals surface area contributed by atoms with Crippen molar-refractivity contribution < 1.29 is 8.42 Å². The van der Waals surface area contributed by atoms with Crippen molar-refractivity contribution in [3.63, 3.8) is 0 Å². The first-order valence-corrected chi connectivity index (χ1v) is 8.19. The lowest BCUT2D eigenvalue weighted by Crippen LogP contribution is -2.15. The summed E-state index contributed by atoms with van der Waals surface area (Å²) >= 11 is 0. The molecule has 0 atom stereocenters. The standard InChI is InChI=1S/C15H16N2O2S/c18-20(19,11-12-4-2-1-3-5-12)17-14-6-7-15-13(10-14)8-9-16-15/h1-7,10,16-17H,8-9,11H2. The first-order chi connectivity index (χ1) is 9.62. The van der Waals surface area contributed by atoms with Gasteiger partial charge in [0, 0.05) is 17.9 Å². The van der Waals surface area contributed by atoms with Crippen molar-refractivity contribution in [2.24, 2.45) is 0 Å². The van der Waals surface area contributed by atoms with Crippen LogP contribution in [0.4, 0.5) is 11.4 Å². The minimum Gasteiger partial charge on any atom is -0.384 e. The molecule has 1 heterocycles. The second kappa shape index (κ2) is 5.17. The van der Waals surface area contributed by atoms with E-state index in [9.17, 15) is 8.42 Å². The molecule has 1 aliphatic rings. The monoisotopic (exact) mass is 288 g/mol. The number of hydrogen-bond donors (Lipinski definition) is 2. The summed E-state index contributed by atoms with van der Waals surface area (Å²) in [4.78, 5) is 0. The number of hydrogen-bond acceptors (Lipinski definition) is 3. The third-order valence-corrected chi connectivity index (χ3v) is 4.55. The highest BCUT2D eigenvalue weighted by Gasteiger charge is 2.14. The van der Waals surface area contributed by atoms with Gasteiger partial charge in [0.15, 0.2) is 0 Å². The van der Waals surface area contributed by atoms with Crippen LogP contribution in [0, 0.1) is 0 Å². The second-order valence-electron chi connectivity index (χ2n) is 4.90. The minimum atomic E-state index is -3.38. The van der Waals surface area contributed by atoms with E-state index in [0.717, 1.165) is 29.8 Å². The topological polar surface area (TPSA) is 58.2 Å². The smallest absolute Gasteiger partial charge is 0.236 e. The van der Waals surface area contributed by atoms with Crippen LogP contribution >= 0.6 is 0 Å². The van der Waals surface area contributed by atoms with E-state index in [4.69, 9.17) is 0 Å². The molecule has 1 aliphatic heterocycles. The van der Waals surface area contributed by atoms with Gasteiger partial charge in [-0.25, -0.2) is 8.42 Å². The number of nitrogens with one attached hydrogen (secondary N) is 2. The van der Waals surface area contributed by atoms with Gasteiger partial charge >= 0.3 is 0 Å². The predicted molar refractivity (Wildman–Crippen MR) is 81.3 cm³/mol. The van der Waals surface area contributed by atoms with Gasteiger partial charge in [0.05, 0.1) is 5.75 Å². The van der Waals surface area contributed by atoms with E-state index in [0.29, 0.717) is 5.69 Å². The fraction of sp³-hybridized carbons (Fsp3) is 0.200. The van der Waals surface area contributed by atoms with Gasteiger partial charge in [-0.1, -0.05) is 30.3 Å². The molecule has 2 N–H and O–H groups in total. The highest BCUT2D eigenvalue weighted by Crippen LogP contribution is 2.26. The molecule has 0 amide bonds. The molecule has 0 saturated carbocycles. The van der Waals surface area contributed by atoms with Crippen molar-refractivity contribution >= 4 is 21.4 Å². The molecule has 20 heavy (non-hydrogen) atoms. The number of rotatable bonds is 4. The summed E-state index contributed by atoms with van der Waals surface area (Å²) in [5.74, 6) is -0.0107. The average molecular weight is 288 g/mol. The van der Waals surface area contributed by atoms with Crippen LogP contribution in [0.2, 0.25) is 0 Å². The van der Waals surface area contributed by atoms with Crippen LogP contribution in [0.3, 0.4) is 0 Å². The molecule has 4 nitrogen and oxygen atoms in total. The molecule has 104 valence electrons. The molecule has 0 aliphatic carbocycles. The summed E-state index contributed by atoms with van der Waals surface area (Å²) in [6.45, 7) is 0.912. The van der Waals surface area contributed by atoms with Crippen LogP contribution in [0.1, 0.15) is 11.1 Å². The lowest BCUT2D eigenvalue weighted by atomic mass is 10.1. The Labute approximate surface area is 118 Å². The zero-order valence-corrected chi connectivity index (χ0v) is 11.8. The van der Waals surface area contributed by atoms with Gasteiger partial charge in [0.2, 0.25) is 10.0 Å². The average Bonchev–Trinajstić information content (AvgIpc) is 2.86. The van der Waals surface area contributed by atoms with E-state index in [1.807, 2.05) is 42.5 Å². The fourth-order valence-corrected chi connectivity index (χ4v) is 3.57.